The minimum absolute atomic E-state index is 0.487. The molecule has 1 fully saturated rings. The highest BCUT2D eigenvalue weighted by atomic mass is 32.1. The fraction of sp³-hybridized carbons (Fsp3) is 0.462. The van der Waals surface area contributed by atoms with Gasteiger partial charge in [-0.3, -0.25) is 9.88 Å². The smallest absolute Gasteiger partial charge is 0.131 e. The van der Waals surface area contributed by atoms with Gasteiger partial charge in [-0.1, -0.05) is 6.07 Å². The van der Waals surface area contributed by atoms with Gasteiger partial charge in [-0.25, -0.2) is 0 Å². The lowest BCUT2D eigenvalue weighted by atomic mass is 10.1. The summed E-state index contributed by atoms with van der Waals surface area (Å²) in [5, 5.41) is 9.14. The molecule has 0 bridgehead atoms. The second-order valence-electron chi connectivity index (χ2n) is 4.76. The van der Waals surface area contributed by atoms with Crippen molar-refractivity contribution in [1.82, 2.24) is 20.1 Å². The molecule has 1 atom stereocenters. The Bertz CT molecular complexity index is 511. The van der Waals surface area contributed by atoms with Crippen molar-refractivity contribution in [3.63, 3.8) is 0 Å². The Kier molecular flexibility index (Phi) is 3.34. The van der Waals surface area contributed by atoms with E-state index in [9.17, 15) is 0 Å². The molecule has 1 unspecified atom stereocenters. The van der Waals surface area contributed by atoms with Gasteiger partial charge in [0.2, 0.25) is 0 Å². The van der Waals surface area contributed by atoms with Crippen molar-refractivity contribution < 1.29 is 0 Å². The largest absolute Gasteiger partial charge is 0.290 e. The first kappa shape index (κ1) is 11.7. The summed E-state index contributed by atoms with van der Waals surface area (Å²) in [6.07, 6.45) is 6.37. The van der Waals surface area contributed by atoms with Crippen LogP contribution in [0.2, 0.25) is 0 Å². The molecule has 2 aromatic rings. The number of hydrogen-bond donors (Lipinski definition) is 0. The molecule has 0 amide bonds. The van der Waals surface area contributed by atoms with Crippen molar-refractivity contribution in [2.75, 3.05) is 6.54 Å². The summed E-state index contributed by atoms with van der Waals surface area (Å²) in [6, 6.07) is 2.73. The van der Waals surface area contributed by atoms with Crippen LogP contribution >= 0.6 is 11.3 Å². The van der Waals surface area contributed by atoms with Crippen molar-refractivity contribution >= 4 is 11.3 Å². The van der Waals surface area contributed by atoms with Crippen LogP contribution in [0.5, 0.6) is 0 Å². The average Bonchev–Trinajstić information content (AvgIpc) is 3.01. The van der Waals surface area contributed by atoms with Crippen LogP contribution in [-0.2, 0) is 6.54 Å². The van der Waals surface area contributed by atoms with Gasteiger partial charge in [-0.2, -0.15) is 0 Å². The van der Waals surface area contributed by atoms with Crippen LogP contribution < -0.4 is 0 Å². The third-order valence-electron chi connectivity index (χ3n) is 3.39. The summed E-state index contributed by atoms with van der Waals surface area (Å²) in [4.78, 5) is 6.79. The van der Waals surface area contributed by atoms with Crippen LogP contribution in [0.3, 0.4) is 0 Å². The third-order valence-corrected chi connectivity index (χ3v) is 4.07. The molecule has 0 saturated carbocycles. The van der Waals surface area contributed by atoms with Gasteiger partial charge in [0.1, 0.15) is 10.5 Å². The number of aromatic nitrogens is 3. The lowest BCUT2D eigenvalue weighted by Crippen LogP contribution is -2.22. The molecule has 0 N–H and O–H groups in total. The summed E-state index contributed by atoms with van der Waals surface area (Å²) >= 11 is 1.63. The monoisotopic (exact) mass is 260 g/mol. The Balaban J connectivity index is 1.79. The van der Waals surface area contributed by atoms with E-state index >= 15 is 0 Å². The summed E-state index contributed by atoms with van der Waals surface area (Å²) in [7, 11) is 0. The molecule has 18 heavy (non-hydrogen) atoms. The van der Waals surface area contributed by atoms with Gasteiger partial charge in [-0.15, -0.1) is 21.5 Å². The molecule has 3 heterocycles. The first-order chi connectivity index (χ1) is 8.83. The van der Waals surface area contributed by atoms with Crippen LogP contribution in [-0.4, -0.2) is 26.6 Å². The number of hydrogen-bond acceptors (Lipinski definition) is 5. The van der Waals surface area contributed by atoms with E-state index in [1.54, 1.807) is 16.8 Å². The van der Waals surface area contributed by atoms with Gasteiger partial charge in [0.05, 0.1) is 6.54 Å². The van der Waals surface area contributed by atoms with Gasteiger partial charge in [0.25, 0.3) is 0 Å². The number of likely N-dealkylation sites (tertiary alicyclic amines) is 1. The fourth-order valence-corrected chi connectivity index (χ4v) is 3.14. The van der Waals surface area contributed by atoms with Crippen molar-refractivity contribution in [2.24, 2.45) is 0 Å². The van der Waals surface area contributed by atoms with E-state index in [-0.39, 0.29) is 0 Å². The SMILES string of the molecule is Cc1cncc(C2CCCN2Cc2nncs2)c1. The third kappa shape index (κ3) is 2.42. The molecule has 94 valence electrons. The van der Waals surface area contributed by atoms with Crippen molar-refractivity contribution in [2.45, 2.75) is 32.4 Å². The van der Waals surface area contributed by atoms with E-state index in [2.05, 4.69) is 33.1 Å². The molecule has 0 radical (unpaired) electrons. The van der Waals surface area contributed by atoms with Crippen LogP contribution in [0.15, 0.2) is 24.0 Å². The van der Waals surface area contributed by atoms with Crippen LogP contribution in [0, 0.1) is 6.92 Å². The first-order valence-corrected chi connectivity index (χ1v) is 7.11. The van der Waals surface area contributed by atoms with Crippen LogP contribution in [0.4, 0.5) is 0 Å². The summed E-state index contributed by atoms with van der Waals surface area (Å²) in [5.74, 6) is 0. The number of aryl methyl sites for hydroxylation is 1. The second-order valence-corrected chi connectivity index (χ2v) is 5.67. The Morgan fingerprint density at radius 2 is 2.39 bits per heavy atom. The van der Waals surface area contributed by atoms with E-state index in [1.807, 2.05) is 12.4 Å². The molecule has 3 rings (SSSR count). The standard InChI is InChI=1S/C13H16N4S/c1-10-5-11(7-14-6-10)12-3-2-4-17(12)8-13-16-15-9-18-13/h5-7,9,12H,2-4,8H2,1H3. The van der Waals surface area contributed by atoms with Gasteiger partial charge in [-0.05, 0) is 37.4 Å². The van der Waals surface area contributed by atoms with E-state index in [4.69, 9.17) is 0 Å². The summed E-state index contributed by atoms with van der Waals surface area (Å²) in [6.45, 7) is 4.14. The van der Waals surface area contributed by atoms with E-state index in [0.29, 0.717) is 6.04 Å². The Hall–Kier alpha value is -1.33. The minimum Gasteiger partial charge on any atom is -0.290 e. The molecule has 1 aliphatic rings. The molecule has 5 heteroatoms. The van der Waals surface area contributed by atoms with Gasteiger partial charge in [0, 0.05) is 18.4 Å². The molecule has 0 aliphatic carbocycles. The molecule has 1 saturated heterocycles. The highest BCUT2D eigenvalue weighted by molar-refractivity contribution is 7.09. The maximum absolute atomic E-state index is 4.31. The molecular formula is C13H16N4S. The maximum Gasteiger partial charge on any atom is 0.131 e. The average molecular weight is 260 g/mol. The highest BCUT2D eigenvalue weighted by Crippen LogP contribution is 2.33. The molecule has 1 aliphatic heterocycles. The second kappa shape index (κ2) is 5.12. The lowest BCUT2D eigenvalue weighted by molar-refractivity contribution is 0.247. The predicted molar refractivity (Wildman–Crippen MR) is 71.3 cm³/mol. The van der Waals surface area contributed by atoms with Crippen LogP contribution in [0.25, 0.3) is 0 Å². The van der Waals surface area contributed by atoms with E-state index < -0.39 is 0 Å². The first-order valence-electron chi connectivity index (χ1n) is 6.23. The molecular weight excluding hydrogens is 244 g/mol. The van der Waals surface area contributed by atoms with Gasteiger partial charge >= 0.3 is 0 Å². The van der Waals surface area contributed by atoms with Crippen molar-refractivity contribution in [3.05, 3.63) is 40.1 Å². The summed E-state index contributed by atoms with van der Waals surface area (Å²) < 4.78 is 0. The fourth-order valence-electron chi connectivity index (χ4n) is 2.59. The Morgan fingerprint density at radius 1 is 1.44 bits per heavy atom. The van der Waals surface area contributed by atoms with Crippen molar-refractivity contribution in [3.8, 4) is 0 Å². The Morgan fingerprint density at radius 3 is 3.17 bits per heavy atom. The zero-order valence-electron chi connectivity index (χ0n) is 10.4. The highest BCUT2D eigenvalue weighted by Gasteiger charge is 2.26. The van der Waals surface area contributed by atoms with Crippen molar-refractivity contribution in [1.29, 1.82) is 0 Å². The quantitative estimate of drug-likeness (QED) is 0.850. The van der Waals surface area contributed by atoms with Gasteiger partial charge < -0.3 is 0 Å². The summed E-state index contributed by atoms with van der Waals surface area (Å²) in [5.41, 5.74) is 4.36. The topological polar surface area (TPSA) is 41.9 Å². The molecule has 0 spiro atoms. The van der Waals surface area contributed by atoms with E-state index in [1.165, 1.54) is 24.0 Å². The number of pyridine rings is 1. The molecule has 4 nitrogen and oxygen atoms in total. The molecule has 0 aromatic carbocycles. The lowest BCUT2D eigenvalue weighted by Gasteiger charge is -2.23. The zero-order chi connectivity index (χ0) is 12.4. The number of nitrogens with zero attached hydrogens (tertiary/aromatic N) is 4. The van der Waals surface area contributed by atoms with Crippen LogP contribution in [0.1, 0.15) is 35.0 Å². The van der Waals surface area contributed by atoms with Gasteiger partial charge in [0.15, 0.2) is 0 Å². The van der Waals surface area contributed by atoms with E-state index in [0.717, 1.165) is 18.1 Å². The minimum atomic E-state index is 0.487. The predicted octanol–water partition coefficient (Wildman–Crippen LogP) is 2.58. The zero-order valence-corrected chi connectivity index (χ0v) is 11.2. The maximum atomic E-state index is 4.31. The Labute approximate surface area is 111 Å². The molecule has 2 aromatic heterocycles. The normalized spacial score (nSPS) is 20.4. The number of rotatable bonds is 3.